The number of rotatable bonds is 5. The second kappa shape index (κ2) is 11.9. The number of fused-ring (bicyclic) bond motifs is 3. The van der Waals surface area contributed by atoms with Gasteiger partial charge in [-0.05, 0) is 56.8 Å². The number of carbonyl (C=O) groups is 1. The number of aromatic hydroxyl groups is 1. The molecule has 2 bridgehead atoms. The third-order valence-electron chi connectivity index (χ3n) is 5.26. The molecule has 35 heavy (non-hydrogen) atoms. The highest BCUT2D eigenvalue weighted by Gasteiger charge is 2.24. The van der Waals surface area contributed by atoms with Crippen LogP contribution in [0, 0.1) is 0 Å². The number of ether oxygens (including phenoxy) is 2. The molecular formula is C24H32N4O6S. The van der Waals surface area contributed by atoms with Gasteiger partial charge in [0, 0.05) is 24.8 Å². The fourth-order valence-electron chi connectivity index (χ4n) is 3.46. The Balaban J connectivity index is 2.01. The summed E-state index contributed by atoms with van der Waals surface area (Å²) in [5, 5.41) is 13.1. The van der Waals surface area contributed by atoms with Gasteiger partial charge in [-0.2, -0.15) is 0 Å². The van der Waals surface area contributed by atoms with Gasteiger partial charge >= 0.3 is 0 Å². The van der Waals surface area contributed by atoms with Crippen molar-refractivity contribution in [1.82, 2.24) is 4.90 Å². The molecule has 2 aromatic rings. The van der Waals surface area contributed by atoms with E-state index in [4.69, 9.17) is 15.2 Å². The molecule has 1 heterocycles. The van der Waals surface area contributed by atoms with Gasteiger partial charge in [0.05, 0.1) is 24.5 Å². The number of primary amides is 1. The van der Waals surface area contributed by atoms with Crippen molar-refractivity contribution < 1.29 is 27.8 Å². The number of hydrogen-bond donors (Lipinski definition) is 4. The van der Waals surface area contributed by atoms with E-state index in [2.05, 4.69) is 10.0 Å². The Hall–Kier alpha value is -3.28. The van der Waals surface area contributed by atoms with Crippen molar-refractivity contribution in [3.05, 3.63) is 53.6 Å². The van der Waals surface area contributed by atoms with Crippen molar-refractivity contribution in [2.24, 2.45) is 5.73 Å². The number of anilines is 2. The first kappa shape index (κ1) is 26.3. The van der Waals surface area contributed by atoms with Crippen LogP contribution in [0.4, 0.5) is 11.4 Å². The van der Waals surface area contributed by atoms with Gasteiger partial charge in [-0.25, -0.2) is 8.42 Å². The number of sulfonamides is 1. The number of nitrogens with zero attached hydrogens (tertiary/aromatic N) is 1. The van der Waals surface area contributed by atoms with Gasteiger partial charge in [0.25, 0.3) is 15.9 Å². The van der Waals surface area contributed by atoms with Crippen LogP contribution in [0.1, 0.15) is 22.3 Å². The molecule has 0 aliphatic carbocycles. The smallest absolute Gasteiger partial charge is 0.263 e. The number of amides is 1. The summed E-state index contributed by atoms with van der Waals surface area (Å²) in [5.41, 5.74) is 6.31. The van der Waals surface area contributed by atoms with E-state index in [1.807, 2.05) is 31.1 Å². The van der Waals surface area contributed by atoms with Crippen molar-refractivity contribution >= 4 is 27.3 Å². The topological polar surface area (TPSA) is 143 Å². The van der Waals surface area contributed by atoms with Gasteiger partial charge < -0.3 is 30.5 Å². The van der Waals surface area contributed by atoms with E-state index in [1.54, 1.807) is 18.2 Å². The Morgan fingerprint density at radius 2 is 2.00 bits per heavy atom. The quantitative estimate of drug-likeness (QED) is 0.454. The van der Waals surface area contributed by atoms with Gasteiger partial charge in [0.1, 0.15) is 23.0 Å². The zero-order chi connectivity index (χ0) is 25.4. The van der Waals surface area contributed by atoms with E-state index >= 15 is 0 Å². The van der Waals surface area contributed by atoms with E-state index in [1.165, 1.54) is 6.07 Å². The largest absolute Gasteiger partial charge is 0.507 e. The molecule has 0 atom stereocenters. The molecule has 1 aliphatic rings. The molecule has 5 N–H and O–H groups in total. The standard InChI is InChI=1S/C24H32N4O6S/c1-28(2)10-13-34-22-8-7-18-14-17(22)6-4-3-5-11-33-12-9-26-20-16-21(29)19(24(25)30)15-23(20)35(31,32)27-18/h3-4,7-8,14-16,26-27,29H,5-6,9-13H2,1-2H3,(H2,25,30)/b4-3+. The first-order chi connectivity index (χ1) is 16.7. The molecule has 1 aliphatic heterocycles. The van der Waals surface area contributed by atoms with Crippen molar-refractivity contribution in [1.29, 1.82) is 0 Å². The number of carbonyl (C=O) groups excluding carboxylic acids is 1. The Labute approximate surface area is 205 Å². The number of hydrogen-bond acceptors (Lipinski definition) is 8. The highest BCUT2D eigenvalue weighted by Crippen LogP contribution is 2.32. The second-order valence-electron chi connectivity index (χ2n) is 8.31. The number of likely N-dealkylation sites (N-methyl/N-ethyl adjacent to an activating group) is 1. The van der Waals surface area contributed by atoms with E-state index in [0.29, 0.717) is 44.2 Å². The number of nitrogens with one attached hydrogen (secondary N) is 2. The monoisotopic (exact) mass is 504 g/mol. The molecule has 0 aromatic heterocycles. The van der Waals surface area contributed by atoms with Gasteiger partial charge in [0.2, 0.25) is 0 Å². The number of allylic oxidation sites excluding steroid dienone is 1. The second-order valence-corrected chi connectivity index (χ2v) is 9.96. The summed E-state index contributed by atoms with van der Waals surface area (Å²) in [6.45, 7) is 2.34. The molecule has 0 saturated heterocycles. The lowest BCUT2D eigenvalue weighted by Gasteiger charge is -2.18. The van der Waals surface area contributed by atoms with Crippen LogP contribution in [-0.4, -0.2) is 71.3 Å². The molecule has 1 amide bonds. The minimum Gasteiger partial charge on any atom is -0.507 e. The normalized spacial score (nSPS) is 17.0. The fraction of sp³-hybridized carbons (Fsp3) is 0.375. The van der Waals surface area contributed by atoms with Crippen molar-refractivity contribution in [2.45, 2.75) is 17.7 Å². The van der Waals surface area contributed by atoms with Crippen LogP contribution in [0.3, 0.4) is 0 Å². The van der Waals surface area contributed by atoms with Crippen molar-refractivity contribution in [2.75, 3.05) is 57.0 Å². The van der Waals surface area contributed by atoms with Crippen LogP contribution in [0.2, 0.25) is 0 Å². The zero-order valence-corrected chi connectivity index (χ0v) is 20.7. The number of benzene rings is 2. The Morgan fingerprint density at radius 3 is 2.74 bits per heavy atom. The van der Waals surface area contributed by atoms with Gasteiger partial charge in [-0.3, -0.25) is 9.52 Å². The lowest BCUT2D eigenvalue weighted by atomic mass is 10.1. The predicted molar refractivity (Wildman–Crippen MR) is 135 cm³/mol. The molecule has 0 radical (unpaired) electrons. The third-order valence-corrected chi connectivity index (χ3v) is 6.68. The van der Waals surface area contributed by atoms with Crippen molar-refractivity contribution in [3.63, 3.8) is 0 Å². The maximum atomic E-state index is 13.3. The van der Waals surface area contributed by atoms with Crippen LogP contribution in [-0.2, 0) is 21.2 Å². The van der Waals surface area contributed by atoms with E-state index in [-0.39, 0.29) is 16.1 Å². The van der Waals surface area contributed by atoms with Crippen LogP contribution in [0.5, 0.6) is 11.5 Å². The molecule has 0 fully saturated rings. The Bertz CT molecular complexity index is 1180. The average molecular weight is 505 g/mol. The van der Waals surface area contributed by atoms with Crippen LogP contribution >= 0.6 is 0 Å². The summed E-state index contributed by atoms with van der Waals surface area (Å²) in [4.78, 5) is 13.5. The minimum absolute atomic E-state index is 0.124. The minimum atomic E-state index is -4.16. The molecule has 3 rings (SSSR count). The molecule has 0 saturated carbocycles. The van der Waals surface area contributed by atoms with Crippen LogP contribution < -0.4 is 20.5 Å². The maximum Gasteiger partial charge on any atom is 0.263 e. The Kier molecular flexibility index (Phi) is 8.96. The number of phenols is 1. The predicted octanol–water partition coefficient (Wildman–Crippen LogP) is 2.16. The van der Waals surface area contributed by atoms with E-state index in [0.717, 1.165) is 24.6 Å². The van der Waals surface area contributed by atoms with Gasteiger partial charge in [0.15, 0.2) is 0 Å². The highest BCUT2D eigenvalue weighted by molar-refractivity contribution is 7.92. The fourth-order valence-corrected chi connectivity index (χ4v) is 4.70. The first-order valence-corrected chi connectivity index (χ1v) is 12.7. The highest BCUT2D eigenvalue weighted by atomic mass is 32.2. The van der Waals surface area contributed by atoms with E-state index < -0.39 is 21.7 Å². The molecule has 10 nitrogen and oxygen atoms in total. The number of nitrogens with two attached hydrogens (primary N) is 1. The summed E-state index contributed by atoms with van der Waals surface area (Å²) in [7, 11) is -0.243. The summed E-state index contributed by atoms with van der Waals surface area (Å²) in [6.07, 6.45) is 5.28. The maximum absolute atomic E-state index is 13.3. The summed E-state index contributed by atoms with van der Waals surface area (Å²) >= 11 is 0. The molecular weight excluding hydrogens is 472 g/mol. The average Bonchev–Trinajstić information content (AvgIpc) is 2.77. The molecule has 0 spiro atoms. The van der Waals surface area contributed by atoms with Gasteiger partial charge in [-0.15, -0.1) is 0 Å². The first-order valence-electron chi connectivity index (χ1n) is 11.2. The zero-order valence-electron chi connectivity index (χ0n) is 19.9. The van der Waals surface area contributed by atoms with Crippen LogP contribution in [0.25, 0.3) is 0 Å². The van der Waals surface area contributed by atoms with Gasteiger partial charge in [-0.1, -0.05) is 12.2 Å². The SMILES string of the molecule is CN(C)CCOc1ccc2cc1C/C=C/CCOCCNc1cc(O)c(C(N)=O)cc1S(=O)(=O)N2. The molecule has 2 aromatic carbocycles. The third kappa shape index (κ3) is 7.35. The van der Waals surface area contributed by atoms with Crippen LogP contribution in [0.15, 0.2) is 47.4 Å². The van der Waals surface area contributed by atoms with E-state index in [9.17, 15) is 18.3 Å². The lowest BCUT2D eigenvalue weighted by Crippen LogP contribution is -2.20. The summed E-state index contributed by atoms with van der Waals surface area (Å²) in [5.74, 6) is -0.690. The summed E-state index contributed by atoms with van der Waals surface area (Å²) < 4.78 is 40.8. The molecule has 0 unspecified atom stereocenters. The Morgan fingerprint density at radius 1 is 1.20 bits per heavy atom. The molecule has 190 valence electrons. The lowest BCUT2D eigenvalue weighted by molar-refractivity contribution is 0.0997. The summed E-state index contributed by atoms with van der Waals surface area (Å²) in [6, 6.07) is 7.31. The molecule has 11 heteroatoms. The van der Waals surface area contributed by atoms with Crippen molar-refractivity contribution in [3.8, 4) is 11.5 Å².